The minimum atomic E-state index is -1.16. The molecule has 0 bridgehead atoms. The number of carboxylic acids is 1. The molecule has 0 radical (unpaired) electrons. The van der Waals surface area contributed by atoms with Crippen molar-refractivity contribution in [1.82, 2.24) is 10.3 Å². The quantitative estimate of drug-likeness (QED) is 0.747. The lowest BCUT2D eigenvalue weighted by atomic mass is 9.89. The number of carbonyl (C=O) groups is 2. The molecule has 142 valence electrons. The van der Waals surface area contributed by atoms with Crippen molar-refractivity contribution < 1.29 is 19.8 Å². The van der Waals surface area contributed by atoms with Gasteiger partial charge in [0.25, 0.3) is 5.91 Å². The summed E-state index contributed by atoms with van der Waals surface area (Å²) < 4.78 is 0. The topological polar surface area (TPSA) is 103 Å². The van der Waals surface area contributed by atoms with Crippen molar-refractivity contribution in [1.29, 1.82) is 0 Å². The lowest BCUT2D eigenvalue weighted by Crippen LogP contribution is -2.34. The Morgan fingerprint density at radius 3 is 2.52 bits per heavy atom. The Kier molecular flexibility index (Phi) is 5.59. The van der Waals surface area contributed by atoms with Gasteiger partial charge in [-0.2, -0.15) is 0 Å². The van der Waals surface area contributed by atoms with Crippen LogP contribution in [0.25, 0.3) is 0 Å². The van der Waals surface area contributed by atoms with E-state index in [4.69, 9.17) is 5.11 Å². The largest absolute Gasteiger partial charge is 0.505 e. The van der Waals surface area contributed by atoms with Crippen LogP contribution in [0.1, 0.15) is 40.4 Å². The molecular weight excluding hydrogens is 346 g/mol. The fraction of sp³-hybridized carbons (Fsp3) is 0.350. The van der Waals surface area contributed by atoms with Crippen LogP contribution >= 0.6 is 0 Å². The number of carbonyl (C=O) groups excluding carboxylic acids is 1. The Labute approximate surface area is 157 Å². The Morgan fingerprint density at radius 2 is 1.89 bits per heavy atom. The number of carboxylic acid groups (broad SMARTS) is 1. The highest BCUT2D eigenvalue weighted by atomic mass is 16.4. The highest BCUT2D eigenvalue weighted by Gasteiger charge is 2.24. The average Bonchev–Trinajstić information content (AvgIpc) is 2.69. The first-order valence-electron chi connectivity index (χ1n) is 8.95. The second kappa shape index (κ2) is 8.07. The molecule has 2 heterocycles. The second-order valence-corrected chi connectivity index (χ2v) is 6.71. The number of pyridine rings is 1. The third-order valence-electron chi connectivity index (χ3n) is 5.00. The first kappa shape index (κ1) is 18.7. The van der Waals surface area contributed by atoms with Crippen molar-refractivity contribution in [2.45, 2.75) is 25.7 Å². The van der Waals surface area contributed by atoms with Gasteiger partial charge in [0.15, 0.2) is 11.4 Å². The summed E-state index contributed by atoms with van der Waals surface area (Å²) in [7, 11) is 0. The minimum absolute atomic E-state index is 0.156. The normalized spacial score (nSPS) is 14.8. The highest BCUT2D eigenvalue weighted by Crippen LogP contribution is 2.34. The van der Waals surface area contributed by atoms with Gasteiger partial charge in [0, 0.05) is 18.7 Å². The molecule has 1 aromatic carbocycles. The van der Waals surface area contributed by atoms with Gasteiger partial charge in [-0.1, -0.05) is 30.3 Å². The minimum Gasteiger partial charge on any atom is -0.505 e. The van der Waals surface area contributed by atoms with E-state index in [1.807, 2.05) is 6.07 Å². The van der Waals surface area contributed by atoms with Crippen LogP contribution in [-0.2, 0) is 4.79 Å². The van der Waals surface area contributed by atoms with Crippen molar-refractivity contribution in [3.8, 4) is 5.75 Å². The molecule has 3 rings (SSSR count). The van der Waals surface area contributed by atoms with Crippen LogP contribution in [0, 0.1) is 6.92 Å². The Hall–Kier alpha value is -3.09. The zero-order chi connectivity index (χ0) is 19.4. The molecule has 1 aromatic heterocycles. The summed E-state index contributed by atoms with van der Waals surface area (Å²) in [5.74, 6) is -1.55. The first-order valence-corrected chi connectivity index (χ1v) is 8.95. The predicted molar refractivity (Wildman–Crippen MR) is 101 cm³/mol. The number of nitrogens with zero attached hydrogens (tertiary/aromatic N) is 2. The monoisotopic (exact) mass is 369 g/mol. The van der Waals surface area contributed by atoms with Crippen molar-refractivity contribution in [2.75, 3.05) is 24.5 Å². The van der Waals surface area contributed by atoms with Gasteiger partial charge >= 0.3 is 5.97 Å². The lowest BCUT2D eigenvalue weighted by molar-refractivity contribution is -0.135. The van der Waals surface area contributed by atoms with E-state index in [9.17, 15) is 14.7 Å². The third-order valence-corrected chi connectivity index (χ3v) is 5.00. The number of benzene rings is 1. The summed E-state index contributed by atoms with van der Waals surface area (Å²) in [6.45, 7) is 2.90. The molecule has 1 saturated heterocycles. The summed E-state index contributed by atoms with van der Waals surface area (Å²) in [5, 5.41) is 21.2. The summed E-state index contributed by atoms with van der Waals surface area (Å²) in [4.78, 5) is 28.8. The molecule has 7 nitrogen and oxygen atoms in total. The molecule has 3 N–H and O–H groups in total. The number of rotatable bonds is 5. The van der Waals surface area contributed by atoms with E-state index in [1.54, 1.807) is 13.1 Å². The van der Waals surface area contributed by atoms with Crippen LogP contribution < -0.4 is 10.2 Å². The average molecular weight is 369 g/mol. The van der Waals surface area contributed by atoms with Crippen LogP contribution in [0.2, 0.25) is 0 Å². The van der Waals surface area contributed by atoms with Gasteiger partial charge in [-0.05, 0) is 31.2 Å². The number of hydrogen-bond acceptors (Lipinski definition) is 5. The van der Waals surface area contributed by atoms with Gasteiger partial charge in [-0.25, -0.2) is 4.98 Å². The maximum Gasteiger partial charge on any atom is 0.322 e. The molecule has 0 unspecified atom stereocenters. The molecule has 1 aliphatic rings. The van der Waals surface area contributed by atoms with E-state index in [0.717, 1.165) is 31.6 Å². The molecule has 0 aliphatic carbocycles. The van der Waals surface area contributed by atoms with Crippen LogP contribution in [0.5, 0.6) is 5.75 Å². The molecule has 2 aromatic rings. The SMILES string of the molecule is Cc1c(N2CCC(c3ccccc3)CC2)cnc(C(=O)NCC(=O)O)c1O. The van der Waals surface area contributed by atoms with Gasteiger partial charge < -0.3 is 20.4 Å². The Balaban J connectivity index is 1.70. The van der Waals surface area contributed by atoms with Crippen LogP contribution in [0.3, 0.4) is 0 Å². The van der Waals surface area contributed by atoms with E-state index >= 15 is 0 Å². The van der Waals surface area contributed by atoms with E-state index < -0.39 is 18.4 Å². The van der Waals surface area contributed by atoms with Gasteiger partial charge in [0.05, 0.1) is 11.9 Å². The van der Waals surface area contributed by atoms with E-state index in [-0.39, 0.29) is 11.4 Å². The summed E-state index contributed by atoms with van der Waals surface area (Å²) >= 11 is 0. The molecule has 0 saturated carbocycles. The fourth-order valence-corrected chi connectivity index (χ4v) is 3.49. The molecule has 0 atom stereocenters. The van der Waals surface area contributed by atoms with Crippen molar-refractivity contribution in [2.24, 2.45) is 0 Å². The number of nitrogens with one attached hydrogen (secondary N) is 1. The standard InChI is InChI=1S/C20H23N3O4/c1-13-16(11-21-18(19(13)26)20(27)22-12-17(24)25)23-9-7-15(8-10-23)14-5-3-2-4-6-14/h2-6,11,15,26H,7-10,12H2,1H3,(H,22,27)(H,24,25). The van der Waals surface area contributed by atoms with Crippen LogP contribution in [-0.4, -0.2) is 46.7 Å². The van der Waals surface area contributed by atoms with Gasteiger partial charge in [-0.3, -0.25) is 9.59 Å². The predicted octanol–water partition coefficient (Wildman–Crippen LogP) is 2.29. The van der Waals surface area contributed by atoms with Crippen molar-refractivity contribution >= 4 is 17.6 Å². The number of anilines is 1. The van der Waals surface area contributed by atoms with Gasteiger partial charge in [0.1, 0.15) is 6.54 Å². The molecular formula is C20H23N3O4. The van der Waals surface area contributed by atoms with Crippen LogP contribution in [0.4, 0.5) is 5.69 Å². The lowest BCUT2D eigenvalue weighted by Gasteiger charge is -2.34. The maximum atomic E-state index is 12.0. The summed E-state index contributed by atoms with van der Waals surface area (Å²) in [5.41, 5.74) is 2.56. The summed E-state index contributed by atoms with van der Waals surface area (Å²) in [6, 6.07) is 10.4. The molecule has 1 fully saturated rings. The number of aromatic hydroxyl groups is 1. The van der Waals surface area contributed by atoms with Crippen molar-refractivity contribution in [3.05, 3.63) is 53.3 Å². The number of piperidine rings is 1. The number of amides is 1. The highest BCUT2D eigenvalue weighted by molar-refractivity contribution is 5.97. The summed E-state index contributed by atoms with van der Waals surface area (Å²) in [6.07, 6.45) is 3.59. The molecule has 27 heavy (non-hydrogen) atoms. The number of hydrogen-bond donors (Lipinski definition) is 3. The van der Waals surface area contributed by atoms with E-state index in [0.29, 0.717) is 11.5 Å². The van der Waals surface area contributed by atoms with Crippen LogP contribution in [0.15, 0.2) is 36.5 Å². The molecule has 1 amide bonds. The van der Waals surface area contributed by atoms with Gasteiger partial charge in [-0.15, -0.1) is 0 Å². The number of aromatic nitrogens is 1. The van der Waals surface area contributed by atoms with E-state index in [1.165, 1.54) is 5.56 Å². The maximum absolute atomic E-state index is 12.0. The zero-order valence-corrected chi connectivity index (χ0v) is 15.2. The Bertz CT molecular complexity index is 831. The van der Waals surface area contributed by atoms with Crippen molar-refractivity contribution in [3.63, 3.8) is 0 Å². The smallest absolute Gasteiger partial charge is 0.322 e. The molecule has 0 spiro atoms. The Morgan fingerprint density at radius 1 is 1.22 bits per heavy atom. The molecule has 7 heteroatoms. The fourth-order valence-electron chi connectivity index (χ4n) is 3.49. The zero-order valence-electron chi connectivity index (χ0n) is 15.2. The first-order chi connectivity index (χ1) is 13.0. The second-order valence-electron chi connectivity index (χ2n) is 6.71. The van der Waals surface area contributed by atoms with E-state index in [2.05, 4.69) is 39.5 Å². The van der Waals surface area contributed by atoms with Gasteiger partial charge in [0.2, 0.25) is 0 Å². The third kappa shape index (κ3) is 4.19. The molecule has 1 aliphatic heterocycles. The number of aliphatic carboxylic acids is 1.